The highest BCUT2D eigenvalue weighted by Gasteiger charge is 2.27. The van der Waals surface area contributed by atoms with Crippen molar-refractivity contribution in [3.05, 3.63) is 47.5 Å². The summed E-state index contributed by atoms with van der Waals surface area (Å²) in [4.78, 5) is 42.3. The molecule has 2 aromatic rings. The van der Waals surface area contributed by atoms with Crippen LogP contribution in [0.4, 0.5) is 5.69 Å². The minimum Gasteiger partial charge on any atom is -0.497 e. The molecule has 4 rings (SSSR count). The fraction of sp³-hybridized carbons (Fsp3) is 0.348. The first-order chi connectivity index (χ1) is 15.5. The molecule has 0 unspecified atom stereocenters. The Morgan fingerprint density at radius 2 is 1.66 bits per heavy atom. The van der Waals surface area contributed by atoms with Gasteiger partial charge in [0.2, 0.25) is 5.91 Å². The van der Waals surface area contributed by atoms with Crippen molar-refractivity contribution in [1.29, 1.82) is 0 Å². The number of nitrogens with zero attached hydrogens (tertiary/aromatic N) is 2. The van der Waals surface area contributed by atoms with Gasteiger partial charge in [0.1, 0.15) is 11.5 Å². The maximum Gasteiger partial charge on any atom is 0.257 e. The third-order valence-electron chi connectivity index (χ3n) is 5.58. The van der Waals surface area contributed by atoms with Gasteiger partial charge in [0.15, 0.2) is 0 Å². The number of methoxy groups -OCH3 is 2. The van der Waals surface area contributed by atoms with Crippen LogP contribution in [0.5, 0.6) is 11.5 Å². The summed E-state index contributed by atoms with van der Waals surface area (Å²) >= 11 is 1.61. The van der Waals surface area contributed by atoms with E-state index in [1.165, 1.54) is 7.11 Å². The SMILES string of the molecule is COc1ccc(C(=O)N2CCN(C(=O)c3ccc4c(c3)NC(=O)CCS4)CC2)c(OC)c1. The minimum atomic E-state index is -0.138. The van der Waals surface area contributed by atoms with Crippen molar-refractivity contribution >= 4 is 35.2 Å². The standard InChI is InChI=1S/C23H25N3O5S/c1-30-16-4-5-17(19(14-16)31-2)23(29)26-10-8-25(9-11-26)22(28)15-3-6-20-18(13-15)24-21(27)7-12-32-20/h3-6,13-14H,7-12H2,1-2H3,(H,24,27). The first-order valence-corrected chi connectivity index (χ1v) is 11.4. The zero-order valence-corrected chi connectivity index (χ0v) is 18.9. The number of fused-ring (bicyclic) bond motifs is 1. The van der Waals surface area contributed by atoms with Crippen LogP contribution in [-0.4, -0.2) is 73.7 Å². The molecule has 2 aromatic carbocycles. The number of rotatable bonds is 4. The summed E-state index contributed by atoms with van der Waals surface area (Å²) in [5, 5.41) is 2.88. The van der Waals surface area contributed by atoms with Crippen LogP contribution >= 0.6 is 11.8 Å². The van der Waals surface area contributed by atoms with Crippen molar-refractivity contribution in [2.45, 2.75) is 11.3 Å². The van der Waals surface area contributed by atoms with Gasteiger partial charge in [-0.15, -0.1) is 11.8 Å². The normalized spacial score (nSPS) is 16.0. The molecule has 9 heteroatoms. The Bertz CT molecular complexity index is 1050. The second kappa shape index (κ2) is 9.52. The summed E-state index contributed by atoms with van der Waals surface area (Å²) in [7, 11) is 3.08. The summed E-state index contributed by atoms with van der Waals surface area (Å²) in [6, 6.07) is 10.5. The van der Waals surface area contributed by atoms with Crippen LogP contribution in [0.15, 0.2) is 41.3 Å². The lowest BCUT2D eigenvalue weighted by Crippen LogP contribution is -2.50. The molecule has 3 amide bonds. The van der Waals surface area contributed by atoms with E-state index in [9.17, 15) is 14.4 Å². The number of carbonyl (C=O) groups excluding carboxylic acids is 3. The number of ether oxygens (including phenoxy) is 2. The van der Waals surface area contributed by atoms with E-state index < -0.39 is 0 Å². The fourth-order valence-electron chi connectivity index (χ4n) is 3.79. The summed E-state index contributed by atoms with van der Waals surface area (Å²) in [5.41, 5.74) is 1.68. The molecule has 168 valence electrons. The Morgan fingerprint density at radius 1 is 0.938 bits per heavy atom. The molecule has 1 saturated heterocycles. The molecule has 2 heterocycles. The van der Waals surface area contributed by atoms with Crippen molar-refractivity contribution in [3.63, 3.8) is 0 Å². The van der Waals surface area contributed by atoms with Gasteiger partial charge >= 0.3 is 0 Å². The summed E-state index contributed by atoms with van der Waals surface area (Å²) in [6.07, 6.45) is 0.456. The van der Waals surface area contributed by atoms with Crippen molar-refractivity contribution < 1.29 is 23.9 Å². The predicted octanol–water partition coefficient (Wildman–Crippen LogP) is 2.74. The van der Waals surface area contributed by atoms with Crippen LogP contribution in [0.1, 0.15) is 27.1 Å². The van der Waals surface area contributed by atoms with Gasteiger partial charge in [0.25, 0.3) is 11.8 Å². The summed E-state index contributed by atoms with van der Waals surface area (Å²) in [5.74, 6) is 1.51. The monoisotopic (exact) mass is 455 g/mol. The molecule has 0 atom stereocenters. The van der Waals surface area contributed by atoms with Gasteiger partial charge in [-0.3, -0.25) is 14.4 Å². The van der Waals surface area contributed by atoms with E-state index in [0.29, 0.717) is 60.9 Å². The number of carbonyl (C=O) groups is 3. The molecule has 0 aromatic heterocycles. The first-order valence-electron chi connectivity index (χ1n) is 10.4. The van der Waals surface area contributed by atoms with E-state index in [2.05, 4.69) is 5.32 Å². The smallest absolute Gasteiger partial charge is 0.257 e. The van der Waals surface area contributed by atoms with Gasteiger partial charge in [0.05, 0.1) is 25.5 Å². The molecule has 32 heavy (non-hydrogen) atoms. The quantitative estimate of drug-likeness (QED) is 0.763. The molecule has 1 N–H and O–H groups in total. The first kappa shape index (κ1) is 22.0. The lowest BCUT2D eigenvalue weighted by Gasteiger charge is -2.35. The van der Waals surface area contributed by atoms with E-state index in [1.807, 2.05) is 6.07 Å². The number of nitrogens with one attached hydrogen (secondary N) is 1. The number of hydrogen-bond donors (Lipinski definition) is 1. The van der Waals surface area contributed by atoms with Crippen LogP contribution in [-0.2, 0) is 4.79 Å². The Balaban J connectivity index is 1.42. The molecular weight excluding hydrogens is 430 g/mol. The molecule has 0 aliphatic carbocycles. The van der Waals surface area contributed by atoms with Crippen LogP contribution in [0, 0.1) is 0 Å². The van der Waals surface area contributed by atoms with Crippen LogP contribution in [0.2, 0.25) is 0 Å². The average Bonchev–Trinajstić information content (AvgIpc) is 3.02. The number of piperazine rings is 1. The van der Waals surface area contributed by atoms with Gasteiger partial charge in [-0.2, -0.15) is 0 Å². The Morgan fingerprint density at radius 3 is 2.34 bits per heavy atom. The molecule has 0 saturated carbocycles. The summed E-state index contributed by atoms with van der Waals surface area (Å²) < 4.78 is 10.5. The molecule has 0 radical (unpaired) electrons. The van der Waals surface area contributed by atoms with Gasteiger partial charge < -0.3 is 24.6 Å². The lowest BCUT2D eigenvalue weighted by atomic mass is 10.1. The van der Waals surface area contributed by atoms with Crippen molar-refractivity contribution in [2.24, 2.45) is 0 Å². The van der Waals surface area contributed by atoms with E-state index >= 15 is 0 Å². The molecule has 1 fully saturated rings. The van der Waals surface area contributed by atoms with E-state index in [1.54, 1.807) is 59.0 Å². The second-order valence-corrected chi connectivity index (χ2v) is 8.64. The maximum atomic E-state index is 13.0. The third-order valence-corrected chi connectivity index (χ3v) is 6.66. The summed E-state index contributed by atoms with van der Waals surface area (Å²) in [6.45, 7) is 1.72. The average molecular weight is 456 g/mol. The number of thioether (sulfide) groups is 1. The predicted molar refractivity (Wildman–Crippen MR) is 122 cm³/mol. The lowest BCUT2D eigenvalue weighted by molar-refractivity contribution is -0.115. The van der Waals surface area contributed by atoms with Crippen molar-refractivity contribution in [1.82, 2.24) is 9.80 Å². The van der Waals surface area contributed by atoms with Crippen LogP contribution < -0.4 is 14.8 Å². The highest BCUT2D eigenvalue weighted by atomic mass is 32.2. The van der Waals surface area contributed by atoms with Gasteiger partial charge in [-0.25, -0.2) is 0 Å². The Labute approximate surface area is 190 Å². The third kappa shape index (κ3) is 4.52. The zero-order valence-electron chi connectivity index (χ0n) is 18.1. The number of hydrogen-bond acceptors (Lipinski definition) is 6. The van der Waals surface area contributed by atoms with Gasteiger partial charge in [0, 0.05) is 54.9 Å². The molecule has 2 aliphatic heterocycles. The minimum absolute atomic E-state index is 0.0399. The van der Waals surface area contributed by atoms with Gasteiger partial charge in [-0.1, -0.05) is 0 Å². The Hall–Kier alpha value is -3.20. The van der Waals surface area contributed by atoms with Gasteiger partial charge in [-0.05, 0) is 30.3 Å². The van der Waals surface area contributed by atoms with Crippen molar-refractivity contribution in [2.75, 3.05) is 51.5 Å². The maximum absolute atomic E-state index is 13.0. The molecular formula is C23H25N3O5S. The van der Waals surface area contributed by atoms with E-state index in [-0.39, 0.29) is 17.7 Å². The Kier molecular flexibility index (Phi) is 6.55. The van der Waals surface area contributed by atoms with Crippen molar-refractivity contribution in [3.8, 4) is 11.5 Å². The number of benzene rings is 2. The molecule has 2 aliphatic rings. The fourth-order valence-corrected chi connectivity index (χ4v) is 4.73. The van der Waals surface area contributed by atoms with Crippen LogP contribution in [0.3, 0.4) is 0 Å². The van der Waals surface area contributed by atoms with E-state index in [4.69, 9.17) is 9.47 Å². The van der Waals surface area contributed by atoms with E-state index in [0.717, 1.165) is 10.6 Å². The largest absolute Gasteiger partial charge is 0.497 e. The number of amides is 3. The topological polar surface area (TPSA) is 88.2 Å². The molecule has 0 spiro atoms. The zero-order chi connectivity index (χ0) is 22.7. The highest BCUT2D eigenvalue weighted by Crippen LogP contribution is 2.32. The second-order valence-electron chi connectivity index (χ2n) is 7.51. The molecule has 8 nitrogen and oxygen atoms in total. The highest BCUT2D eigenvalue weighted by molar-refractivity contribution is 7.99. The van der Waals surface area contributed by atoms with Crippen LogP contribution in [0.25, 0.3) is 0 Å². The molecule has 0 bridgehead atoms. The number of anilines is 1.